The third-order valence-electron chi connectivity index (χ3n) is 2.29. The van der Waals surface area contributed by atoms with Crippen LogP contribution in [0.3, 0.4) is 0 Å². The molecule has 2 nitrogen and oxygen atoms in total. The number of aliphatic hydroxyl groups is 1. The van der Waals surface area contributed by atoms with Crippen LogP contribution in [0.1, 0.15) is 18.6 Å². The Kier molecular flexibility index (Phi) is 4.20. The van der Waals surface area contributed by atoms with Crippen molar-refractivity contribution in [3.8, 4) is 0 Å². The number of halogens is 1. The third kappa shape index (κ3) is 3.09. The highest BCUT2D eigenvalue weighted by Crippen LogP contribution is 2.35. The zero-order chi connectivity index (χ0) is 12.3. The lowest BCUT2D eigenvalue weighted by Gasteiger charge is -2.10. The molecule has 1 heterocycles. The number of aromatic nitrogens is 1. The Morgan fingerprint density at radius 2 is 2.00 bits per heavy atom. The molecule has 17 heavy (non-hydrogen) atoms. The standard InChI is InChI=1S/C13H12BrNOS/c1-9(16)10-5-4-8-15-13(10)17-12-7-3-2-6-11(12)14/h2-9,16H,1H3. The van der Waals surface area contributed by atoms with E-state index in [9.17, 15) is 5.11 Å². The van der Waals surface area contributed by atoms with Crippen molar-refractivity contribution in [2.45, 2.75) is 22.9 Å². The molecule has 1 aromatic carbocycles. The molecule has 1 unspecified atom stereocenters. The first-order chi connectivity index (χ1) is 8.18. The number of aliphatic hydroxyl groups excluding tert-OH is 1. The summed E-state index contributed by atoms with van der Waals surface area (Å²) in [6.07, 6.45) is 1.24. The van der Waals surface area contributed by atoms with Gasteiger partial charge in [0.2, 0.25) is 0 Å². The first kappa shape index (κ1) is 12.6. The predicted molar refractivity (Wildman–Crippen MR) is 73.1 cm³/mol. The summed E-state index contributed by atoms with van der Waals surface area (Å²) < 4.78 is 1.03. The van der Waals surface area contributed by atoms with Gasteiger partial charge in [-0.05, 0) is 41.1 Å². The van der Waals surface area contributed by atoms with Crippen molar-refractivity contribution in [3.05, 3.63) is 52.6 Å². The summed E-state index contributed by atoms with van der Waals surface area (Å²) in [5, 5.41) is 10.5. The summed E-state index contributed by atoms with van der Waals surface area (Å²) in [5.41, 5.74) is 0.855. The van der Waals surface area contributed by atoms with Gasteiger partial charge in [-0.25, -0.2) is 4.98 Å². The molecule has 1 aromatic heterocycles. The van der Waals surface area contributed by atoms with Crippen molar-refractivity contribution < 1.29 is 5.11 Å². The fraction of sp³-hybridized carbons (Fsp3) is 0.154. The van der Waals surface area contributed by atoms with Crippen LogP contribution in [0.5, 0.6) is 0 Å². The van der Waals surface area contributed by atoms with Gasteiger partial charge in [-0.2, -0.15) is 0 Å². The number of benzene rings is 1. The SMILES string of the molecule is CC(O)c1cccnc1Sc1ccccc1Br. The van der Waals surface area contributed by atoms with Crippen LogP contribution in [0, 0.1) is 0 Å². The lowest BCUT2D eigenvalue weighted by molar-refractivity contribution is 0.195. The Balaban J connectivity index is 2.34. The Bertz CT molecular complexity index is 516. The molecule has 0 spiro atoms. The maximum Gasteiger partial charge on any atom is 0.107 e. The largest absolute Gasteiger partial charge is 0.389 e. The number of pyridine rings is 1. The van der Waals surface area contributed by atoms with Crippen LogP contribution in [-0.2, 0) is 0 Å². The van der Waals surface area contributed by atoms with Gasteiger partial charge in [0.15, 0.2) is 0 Å². The average Bonchev–Trinajstić information content (AvgIpc) is 2.32. The minimum Gasteiger partial charge on any atom is -0.389 e. The second-order valence-corrected chi connectivity index (χ2v) is 5.49. The minimum absolute atomic E-state index is 0.506. The molecule has 0 saturated heterocycles. The van der Waals surface area contributed by atoms with Crippen molar-refractivity contribution >= 4 is 27.7 Å². The number of rotatable bonds is 3. The maximum atomic E-state index is 9.69. The number of hydrogen-bond acceptors (Lipinski definition) is 3. The van der Waals surface area contributed by atoms with E-state index in [1.165, 1.54) is 0 Å². The highest BCUT2D eigenvalue weighted by molar-refractivity contribution is 9.10. The van der Waals surface area contributed by atoms with Crippen LogP contribution in [0.4, 0.5) is 0 Å². The van der Waals surface area contributed by atoms with E-state index < -0.39 is 6.10 Å². The monoisotopic (exact) mass is 309 g/mol. The summed E-state index contributed by atoms with van der Waals surface area (Å²) in [6, 6.07) is 11.7. The van der Waals surface area contributed by atoms with Crippen molar-refractivity contribution in [1.29, 1.82) is 0 Å². The first-order valence-electron chi connectivity index (χ1n) is 5.24. The predicted octanol–water partition coefficient (Wildman–Crippen LogP) is 4.05. The summed E-state index contributed by atoms with van der Waals surface area (Å²) in [6.45, 7) is 1.75. The van der Waals surface area contributed by atoms with E-state index in [1.54, 1.807) is 24.9 Å². The highest BCUT2D eigenvalue weighted by atomic mass is 79.9. The first-order valence-corrected chi connectivity index (χ1v) is 6.85. The molecule has 1 atom stereocenters. The fourth-order valence-electron chi connectivity index (χ4n) is 1.44. The van der Waals surface area contributed by atoms with E-state index in [0.29, 0.717) is 0 Å². The Morgan fingerprint density at radius 3 is 2.71 bits per heavy atom. The van der Waals surface area contributed by atoms with Gasteiger partial charge in [-0.15, -0.1) is 0 Å². The third-order valence-corrected chi connectivity index (χ3v) is 4.36. The van der Waals surface area contributed by atoms with E-state index in [2.05, 4.69) is 20.9 Å². The Morgan fingerprint density at radius 1 is 1.24 bits per heavy atom. The summed E-state index contributed by atoms with van der Waals surface area (Å²) in [7, 11) is 0. The lowest BCUT2D eigenvalue weighted by atomic mass is 10.2. The second-order valence-electron chi connectivity index (χ2n) is 3.61. The van der Waals surface area contributed by atoms with Gasteiger partial charge in [0.1, 0.15) is 5.03 Å². The zero-order valence-corrected chi connectivity index (χ0v) is 11.7. The molecule has 0 bridgehead atoms. The second kappa shape index (κ2) is 5.67. The van der Waals surface area contributed by atoms with Gasteiger partial charge in [-0.1, -0.05) is 30.0 Å². The molecule has 0 fully saturated rings. The van der Waals surface area contributed by atoms with Crippen LogP contribution in [0.2, 0.25) is 0 Å². The van der Waals surface area contributed by atoms with E-state index >= 15 is 0 Å². The lowest BCUT2D eigenvalue weighted by Crippen LogP contribution is -1.95. The highest BCUT2D eigenvalue weighted by Gasteiger charge is 2.11. The van der Waals surface area contributed by atoms with Crippen LogP contribution in [-0.4, -0.2) is 10.1 Å². The maximum absolute atomic E-state index is 9.69. The molecule has 1 N–H and O–H groups in total. The smallest absolute Gasteiger partial charge is 0.107 e. The molecule has 0 aliphatic rings. The van der Waals surface area contributed by atoms with Crippen molar-refractivity contribution in [2.24, 2.45) is 0 Å². The normalized spacial score (nSPS) is 12.4. The number of nitrogens with zero attached hydrogens (tertiary/aromatic N) is 1. The Hall–Kier alpha value is -0.840. The molecular formula is C13H12BrNOS. The number of hydrogen-bond donors (Lipinski definition) is 1. The molecule has 2 rings (SSSR count). The van der Waals surface area contributed by atoms with Crippen LogP contribution >= 0.6 is 27.7 Å². The molecule has 0 aliphatic carbocycles. The molecule has 2 aromatic rings. The topological polar surface area (TPSA) is 33.1 Å². The van der Waals surface area contributed by atoms with E-state index in [4.69, 9.17) is 0 Å². The molecular weight excluding hydrogens is 298 g/mol. The van der Waals surface area contributed by atoms with Crippen LogP contribution in [0.15, 0.2) is 57.0 Å². The molecule has 0 amide bonds. The van der Waals surface area contributed by atoms with Gasteiger partial charge in [0.05, 0.1) is 6.10 Å². The molecule has 88 valence electrons. The minimum atomic E-state index is -0.506. The van der Waals surface area contributed by atoms with E-state index in [0.717, 1.165) is 20.0 Å². The van der Waals surface area contributed by atoms with Crippen molar-refractivity contribution in [3.63, 3.8) is 0 Å². The molecule has 0 saturated carbocycles. The summed E-state index contributed by atoms with van der Waals surface area (Å²) in [5.74, 6) is 0. The van der Waals surface area contributed by atoms with E-state index in [1.807, 2.05) is 36.4 Å². The van der Waals surface area contributed by atoms with Crippen LogP contribution < -0.4 is 0 Å². The van der Waals surface area contributed by atoms with Crippen LogP contribution in [0.25, 0.3) is 0 Å². The quantitative estimate of drug-likeness (QED) is 0.928. The Labute approximate surface area is 113 Å². The van der Waals surface area contributed by atoms with Crippen molar-refractivity contribution in [2.75, 3.05) is 0 Å². The van der Waals surface area contributed by atoms with E-state index in [-0.39, 0.29) is 0 Å². The van der Waals surface area contributed by atoms with Gasteiger partial charge in [0.25, 0.3) is 0 Å². The summed E-state index contributed by atoms with van der Waals surface area (Å²) in [4.78, 5) is 5.41. The van der Waals surface area contributed by atoms with Gasteiger partial charge < -0.3 is 5.11 Å². The van der Waals surface area contributed by atoms with Crippen molar-refractivity contribution in [1.82, 2.24) is 4.98 Å². The molecule has 4 heteroatoms. The van der Waals surface area contributed by atoms with Gasteiger partial charge in [-0.3, -0.25) is 0 Å². The fourth-order valence-corrected chi connectivity index (χ4v) is 2.96. The van der Waals surface area contributed by atoms with Gasteiger partial charge >= 0.3 is 0 Å². The molecule has 0 radical (unpaired) electrons. The molecule has 0 aliphatic heterocycles. The average molecular weight is 310 g/mol. The summed E-state index contributed by atoms with van der Waals surface area (Å²) >= 11 is 5.06. The van der Waals surface area contributed by atoms with Gasteiger partial charge in [0, 0.05) is 21.1 Å². The zero-order valence-electron chi connectivity index (χ0n) is 9.30.